The predicted molar refractivity (Wildman–Crippen MR) is 48.0 cm³/mol. The van der Waals surface area contributed by atoms with Crippen LogP contribution < -0.4 is 0 Å². The molecule has 0 aromatic carbocycles. The number of aldehydes is 1. The van der Waals surface area contributed by atoms with Gasteiger partial charge in [0.05, 0.1) is 0 Å². The van der Waals surface area contributed by atoms with Crippen LogP contribution in [0.1, 0.15) is 20.3 Å². The molecule has 0 fully saturated rings. The third-order valence-corrected chi connectivity index (χ3v) is 2.32. The second-order valence-electron chi connectivity index (χ2n) is 3.57. The minimum atomic E-state index is -0.304. The maximum atomic E-state index is 10.8. The number of esters is 1. The summed E-state index contributed by atoms with van der Waals surface area (Å²) in [4.78, 5) is 21.2. The van der Waals surface area contributed by atoms with Crippen LogP contribution in [-0.4, -0.2) is 18.4 Å². The van der Waals surface area contributed by atoms with Gasteiger partial charge in [0, 0.05) is 18.4 Å². The van der Waals surface area contributed by atoms with Crippen molar-refractivity contribution in [3.05, 3.63) is 12.2 Å². The highest BCUT2D eigenvalue weighted by molar-refractivity contribution is 5.84. The highest BCUT2D eigenvalue weighted by atomic mass is 16.5. The summed E-state index contributed by atoms with van der Waals surface area (Å²) in [7, 11) is 0. The van der Waals surface area contributed by atoms with Gasteiger partial charge in [-0.15, -0.1) is 0 Å². The molecule has 0 N–H and O–H groups in total. The fourth-order valence-electron chi connectivity index (χ4n) is 1.51. The molecule has 3 nitrogen and oxygen atoms in total. The first-order valence-electron chi connectivity index (χ1n) is 4.47. The first-order valence-corrected chi connectivity index (χ1v) is 4.47. The van der Waals surface area contributed by atoms with Crippen LogP contribution in [0.15, 0.2) is 12.2 Å². The van der Waals surface area contributed by atoms with E-state index in [9.17, 15) is 9.59 Å². The van der Waals surface area contributed by atoms with E-state index in [1.165, 1.54) is 6.08 Å². The molecule has 0 aromatic heterocycles. The Balaban J connectivity index is 2.60. The van der Waals surface area contributed by atoms with E-state index in [-0.39, 0.29) is 18.0 Å². The largest absolute Gasteiger partial charge is 0.455 e. The molecular weight excluding hydrogens is 168 g/mol. The van der Waals surface area contributed by atoms with E-state index in [0.29, 0.717) is 12.3 Å². The van der Waals surface area contributed by atoms with Crippen molar-refractivity contribution in [1.29, 1.82) is 0 Å². The van der Waals surface area contributed by atoms with E-state index in [0.717, 1.165) is 6.29 Å². The monoisotopic (exact) mass is 182 g/mol. The van der Waals surface area contributed by atoms with Crippen LogP contribution >= 0.6 is 0 Å². The van der Waals surface area contributed by atoms with Crippen molar-refractivity contribution in [2.45, 2.75) is 26.4 Å². The van der Waals surface area contributed by atoms with Crippen LogP contribution in [0.2, 0.25) is 0 Å². The second kappa shape index (κ2) is 4.21. The number of ether oxygens (including phenoxy) is 1. The molecule has 0 saturated carbocycles. The quantitative estimate of drug-likeness (QED) is 0.486. The minimum absolute atomic E-state index is 0.111. The van der Waals surface area contributed by atoms with Gasteiger partial charge in [0.1, 0.15) is 12.4 Å². The van der Waals surface area contributed by atoms with Gasteiger partial charge in [-0.1, -0.05) is 13.8 Å². The van der Waals surface area contributed by atoms with E-state index in [1.54, 1.807) is 6.08 Å². The number of carbonyl (C=O) groups is 2. The molecule has 1 heterocycles. The maximum Gasteiger partial charge on any atom is 0.331 e. The lowest BCUT2D eigenvalue weighted by atomic mass is 9.88. The maximum absolute atomic E-state index is 10.8. The number of carbonyl (C=O) groups excluding carboxylic acids is 2. The zero-order chi connectivity index (χ0) is 9.84. The zero-order valence-corrected chi connectivity index (χ0v) is 7.90. The summed E-state index contributed by atoms with van der Waals surface area (Å²) in [6.07, 6.45) is 4.27. The molecule has 0 aromatic rings. The van der Waals surface area contributed by atoms with Crippen LogP contribution in [-0.2, 0) is 14.3 Å². The smallest absolute Gasteiger partial charge is 0.331 e. The first-order chi connectivity index (χ1) is 6.15. The summed E-state index contributed by atoms with van der Waals surface area (Å²) in [5, 5.41) is 0. The molecule has 0 spiro atoms. The third kappa shape index (κ3) is 2.41. The van der Waals surface area contributed by atoms with Gasteiger partial charge >= 0.3 is 5.97 Å². The molecule has 2 atom stereocenters. The Hall–Kier alpha value is -1.12. The molecule has 3 heteroatoms. The third-order valence-electron chi connectivity index (χ3n) is 2.32. The fraction of sp³-hybridized carbons (Fsp3) is 0.600. The summed E-state index contributed by atoms with van der Waals surface area (Å²) in [5.41, 5.74) is 0. The lowest BCUT2D eigenvalue weighted by Crippen LogP contribution is -2.25. The van der Waals surface area contributed by atoms with E-state index < -0.39 is 0 Å². The van der Waals surface area contributed by atoms with E-state index >= 15 is 0 Å². The Kier molecular flexibility index (Phi) is 3.23. The van der Waals surface area contributed by atoms with Crippen LogP contribution in [0.5, 0.6) is 0 Å². The molecule has 13 heavy (non-hydrogen) atoms. The summed E-state index contributed by atoms with van der Waals surface area (Å²) in [6, 6.07) is 0. The van der Waals surface area contributed by atoms with Crippen molar-refractivity contribution in [3.8, 4) is 0 Å². The number of hydrogen-bond donors (Lipinski definition) is 0. The molecule has 1 aliphatic rings. The van der Waals surface area contributed by atoms with Crippen molar-refractivity contribution in [1.82, 2.24) is 0 Å². The molecule has 0 bridgehead atoms. The van der Waals surface area contributed by atoms with Gasteiger partial charge in [-0.25, -0.2) is 4.79 Å². The van der Waals surface area contributed by atoms with Crippen molar-refractivity contribution in [2.75, 3.05) is 0 Å². The Morgan fingerprint density at radius 2 is 2.31 bits per heavy atom. The van der Waals surface area contributed by atoms with Crippen molar-refractivity contribution in [2.24, 2.45) is 11.8 Å². The van der Waals surface area contributed by atoms with Gasteiger partial charge < -0.3 is 9.53 Å². The van der Waals surface area contributed by atoms with Crippen LogP contribution in [0.3, 0.4) is 0 Å². The minimum Gasteiger partial charge on any atom is -0.455 e. The van der Waals surface area contributed by atoms with Gasteiger partial charge in [-0.3, -0.25) is 0 Å². The Morgan fingerprint density at radius 3 is 2.69 bits per heavy atom. The molecule has 0 amide bonds. The predicted octanol–water partition coefficient (Wildman–Crippen LogP) is 1.33. The first kappa shape index (κ1) is 9.96. The normalized spacial score (nSPS) is 23.3. The lowest BCUT2D eigenvalue weighted by molar-refractivity contribution is -0.141. The molecule has 1 aliphatic heterocycles. The fourth-order valence-corrected chi connectivity index (χ4v) is 1.51. The van der Waals surface area contributed by atoms with Gasteiger partial charge in [0.25, 0.3) is 0 Å². The molecule has 0 aliphatic carbocycles. The average Bonchev–Trinajstić information content (AvgIpc) is 2.46. The van der Waals surface area contributed by atoms with Crippen molar-refractivity contribution < 1.29 is 14.3 Å². The van der Waals surface area contributed by atoms with Gasteiger partial charge in [-0.2, -0.15) is 0 Å². The van der Waals surface area contributed by atoms with Gasteiger partial charge in [-0.05, 0) is 12.0 Å². The van der Waals surface area contributed by atoms with E-state index in [1.807, 2.05) is 13.8 Å². The number of cyclic esters (lactones) is 1. The SMILES string of the molecule is CC(C)[C@@H](CC=O)C1C=CC(=O)O1. The van der Waals surface area contributed by atoms with E-state index in [2.05, 4.69) is 0 Å². The molecule has 0 radical (unpaired) electrons. The topological polar surface area (TPSA) is 43.4 Å². The summed E-state index contributed by atoms with van der Waals surface area (Å²) in [5.74, 6) is 0.146. The van der Waals surface area contributed by atoms with Crippen LogP contribution in [0.25, 0.3) is 0 Å². The highest BCUT2D eigenvalue weighted by Crippen LogP contribution is 2.24. The van der Waals surface area contributed by atoms with Gasteiger partial charge in [0.2, 0.25) is 0 Å². The van der Waals surface area contributed by atoms with E-state index in [4.69, 9.17) is 4.74 Å². The molecule has 1 unspecified atom stereocenters. The summed E-state index contributed by atoms with van der Waals surface area (Å²) in [6.45, 7) is 4.04. The molecular formula is C10H14O3. The molecule has 72 valence electrons. The van der Waals surface area contributed by atoms with Crippen molar-refractivity contribution in [3.63, 3.8) is 0 Å². The standard InChI is InChI=1S/C10H14O3/c1-7(2)8(5-6-11)9-3-4-10(12)13-9/h3-4,6-9H,5H2,1-2H3/t8-,9?/m1/s1. The Bertz CT molecular complexity index is 230. The lowest BCUT2D eigenvalue weighted by Gasteiger charge is -2.22. The Morgan fingerprint density at radius 1 is 1.62 bits per heavy atom. The molecule has 0 saturated heterocycles. The highest BCUT2D eigenvalue weighted by Gasteiger charge is 2.28. The molecule has 1 rings (SSSR count). The average molecular weight is 182 g/mol. The summed E-state index contributed by atoms with van der Waals surface area (Å²) >= 11 is 0. The second-order valence-corrected chi connectivity index (χ2v) is 3.57. The zero-order valence-electron chi connectivity index (χ0n) is 7.90. The number of hydrogen-bond acceptors (Lipinski definition) is 3. The van der Waals surface area contributed by atoms with Crippen LogP contribution in [0.4, 0.5) is 0 Å². The van der Waals surface area contributed by atoms with Crippen molar-refractivity contribution >= 4 is 12.3 Å². The summed E-state index contributed by atoms with van der Waals surface area (Å²) < 4.78 is 5.03. The Labute approximate surface area is 77.8 Å². The van der Waals surface area contributed by atoms with Gasteiger partial charge in [0.15, 0.2) is 0 Å². The van der Waals surface area contributed by atoms with Crippen LogP contribution in [0, 0.1) is 11.8 Å². The number of rotatable bonds is 4.